The predicted octanol–water partition coefficient (Wildman–Crippen LogP) is 2.27. The molecule has 2 rings (SSSR count). The Balaban J connectivity index is 1.94. The first-order valence-electron chi connectivity index (χ1n) is 6.28. The average Bonchev–Trinajstić information content (AvgIpc) is 2.86. The van der Waals surface area contributed by atoms with Crippen molar-refractivity contribution in [2.24, 2.45) is 0 Å². The molecule has 4 nitrogen and oxygen atoms in total. The monoisotopic (exact) mass is 255 g/mol. The molecule has 1 saturated heterocycles. The predicted molar refractivity (Wildman–Crippen MR) is 71.3 cm³/mol. The van der Waals surface area contributed by atoms with Crippen molar-refractivity contribution in [1.29, 1.82) is 0 Å². The highest BCUT2D eigenvalue weighted by Crippen LogP contribution is 2.25. The molecule has 0 radical (unpaired) electrons. The van der Waals surface area contributed by atoms with Crippen LogP contribution in [0.4, 0.5) is 0 Å². The zero-order valence-electron chi connectivity index (χ0n) is 10.5. The molecule has 2 heterocycles. The molecule has 2 N–H and O–H groups in total. The summed E-state index contributed by atoms with van der Waals surface area (Å²) in [5.74, 6) is 3.07. The smallest absolute Gasteiger partial charge is 0.136 e. The summed E-state index contributed by atoms with van der Waals surface area (Å²) in [5, 5.41) is 3.45. The van der Waals surface area contributed by atoms with Gasteiger partial charge in [-0.15, -0.1) is 0 Å². The highest BCUT2D eigenvalue weighted by molar-refractivity contribution is 7.99. The van der Waals surface area contributed by atoms with Gasteiger partial charge < -0.3 is 15.0 Å². The summed E-state index contributed by atoms with van der Waals surface area (Å²) >= 11 is 1.93. The number of aromatic amines is 1. The number of ether oxygens (including phenoxy) is 1. The van der Waals surface area contributed by atoms with E-state index in [2.05, 4.69) is 29.1 Å². The molecule has 1 aromatic rings. The van der Waals surface area contributed by atoms with Gasteiger partial charge in [-0.05, 0) is 19.9 Å². The topological polar surface area (TPSA) is 49.9 Å². The molecular weight excluding hydrogens is 234 g/mol. The molecule has 0 saturated carbocycles. The second-order valence-corrected chi connectivity index (χ2v) is 5.48. The van der Waals surface area contributed by atoms with Crippen LogP contribution in [0.5, 0.6) is 0 Å². The van der Waals surface area contributed by atoms with Crippen molar-refractivity contribution in [2.75, 3.05) is 24.7 Å². The maximum absolute atomic E-state index is 5.70. The van der Waals surface area contributed by atoms with E-state index in [1.807, 2.05) is 18.0 Å². The number of nitrogens with zero attached hydrogens (tertiary/aromatic N) is 1. The Morgan fingerprint density at radius 1 is 1.71 bits per heavy atom. The molecule has 1 aromatic heterocycles. The van der Waals surface area contributed by atoms with Gasteiger partial charge in [-0.3, -0.25) is 0 Å². The van der Waals surface area contributed by atoms with Crippen molar-refractivity contribution in [3.05, 3.63) is 17.7 Å². The van der Waals surface area contributed by atoms with Gasteiger partial charge in [0.2, 0.25) is 0 Å². The molecule has 0 aromatic carbocycles. The zero-order valence-corrected chi connectivity index (χ0v) is 11.3. The van der Waals surface area contributed by atoms with Crippen LogP contribution in [-0.4, -0.2) is 34.6 Å². The van der Waals surface area contributed by atoms with Gasteiger partial charge >= 0.3 is 0 Å². The van der Waals surface area contributed by atoms with Gasteiger partial charge in [0.05, 0.1) is 12.3 Å². The summed E-state index contributed by atoms with van der Waals surface area (Å²) in [6, 6.07) is 0.326. The van der Waals surface area contributed by atoms with Gasteiger partial charge in [-0.2, -0.15) is 11.8 Å². The molecule has 1 aliphatic rings. The molecule has 5 heteroatoms. The Morgan fingerprint density at radius 2 is 2.59 bits per heavy atom. The number of hydrogen-bond acceptors (Lipinski definition) is 4. The van der Waals surface area contributed by atoms with Crippen LogP contribution in [0, 0.1) is 0 Å². The quantitative estimate of drug-likeness (QED) is 0.847. The maximum atomic E-state index is 5.70. The Labute approximate surface area is 107 Å². The molecule has 0 spiro atoms. The summed E-state index contributed by atoms with van der Waals surface area (Å²) in [6.45, 7) is 6.19. The fourth-order valence-corrected chi connectivity index (χ4v) is 2.70. The Bertz CT molecular complexity index is 336. The standard InChI is InChI=1S/C12H21N3OS/c1-3-4-13-9(2)10-7-14-12(15-10)11-8-17-6-5-16-11/h7,9,11,13H,3-6,8H2,1-2H3,(H,14,15). The lowest BCUT2D eigenvalue weighted by Gasteiger charge is -2.20. The van der Waals surface area contributed by atoms with E-state index in [1.54, 1.807) is 0 Å². The molecule has 2 atom stereocenters. The van der Waals surface area contributed by atoms with E-state index >= 15 is 0 Å². The van der Waals surface area contributed by atoms with Crippen LogP contribution in [0.15, 0.2) is 6.20 Å². The summed E-state index contributed by atoms with van der Waals surface area (Å²) < 4.78 is 5.70. The van der Waals surface area contributed by atoms with Crippen molar-refractivity contribution in [1.82, 2.24) is 15.3 Å². The number of imidazole rings is 1. The molecule has 1 aliphatic heterocycles. The van der Waals surface area contributed by atoms with Crippen LogP contribution < -0.4 is 5.32 Å². The Morgan fingerprint density at radius 3 is 3.29 bits per heavy atom. The summed E-state index contributed by atoms with van der Waals surface area (Å²) in [5.41, 5.74) is 1.15. The first-order chi connectivity index (χ1) is 8.31. The average molecular weight is 255 g/mol. The number of aromatic nitrogens is 2. The second kappa shape index (κ2) is 6.42. The minimum absolute atomic E-state index is 0.140. The van der Waals surface area contributed by atoms with Crippen molar-refractivity contribution in [3.8, 4) is 0 Å². The highest BCUT2D eigenvalue weighted by Gasteiger charge is 2.20. The fourth-order valence-electron chi connectivity index (χ4n) is 1.85. The van der Waals surface area contributed by atoms with Crippen molar-refractivity contribution in [3.63, 3.8) is 0 Å². The van der Waals surface area contributed by atoms with Crippen LogP contribution in [0.3, 0.4) is 0 Å². The molecule has 2 unspecified atom stereocenters. The number of thioether (sulfide) groups is 1. The largest absolute Gasteiger partial charge is 0.369 e. The first-order valence-corrected chi connectivity index (χ1v) is 7.44. The number of nitrogens with one attached hydrogen (secondary N) is 2. The SMILES string of the molecule is CCCNC(C)c1cnc(C2CSCCO2)[nH]1. The molecule has 17 heavy (non-hydrogen) atoms. The number of rotatable bonds is 5. The number of hydrogen-bond donors (Lipinski definition) is 2. The minimum Gasteiger partial charge on any atom is -0.369 e. The molecule has 96 valence electrons. The van der Waals surface area contributed by atoms with E-state index in [0.29, 0.717) is 6.04 Å². The van der Waals surface area contributed by atoms with Crippen LogP contribution >= 0.6 is 11.8 Å². The van der Waals surface area contributed by atoms with Crippen molar-refractivity contribution >= 4 is 11.8 Å². The molecule has 1 fully saturated rings. The third kappa shape index (κ3) is 3.47. The van der Waals surface area contributed by atoms with E-state index in [0.717, 1.165) is 42.6 Å². The van der Waals surface area contributed by atoms with Crippen LogP contribution in [0.25, 0.3) is 0 Å². The molecule has 0 aliphatic carbocycles. The van der Waals surface area contributed by atoms with Gasteiger partial charge in [0.25, 0.3) is 0 Å². The van der Waals surface area contributed by atoms with E-state index in [4.69, 9.17) is 4.74 Å². The van der Waals surface area contributed by atoms with Crippen LogP contribution in [0.1, 0.15) is 43.9 Å². The minimum atomic E-state index is 0.140. The van der Waals surface area contributed by atoms with Gasteiger partial charge in [0.15, 0.2) is 0 Å². The zero-order chi connectivity index (χ0) is 12.1. The molecule has 0 bridgehead atoms. The molecular formula is C12H21N3OS. The van der Waals surface area contributed by atoms with Gasteiger partial charge in [0, 0.05) is 23.7 Å². The Hall–Kier alpha value is -0.520. The normalized spacial score (nSPS) is 22.6. The van der Waals surface area contributed by atoms with Gasteiger partial charge in [0.1, 0.15) is 11.9 Å². The lowest BCUT2D eigenvalue weighted by atomic mass is 10.2. The Kier molecular flexibility index (Phi) is 4.88. The van der Waals surface area contributed by atoms with E-state index < -0.39 is 0 Å². The van der Waals surface area contributed by atoms with E-state index in [1.165, 1.54) is 0 Å². The first kappa shape index (κ1) is 12.9. The van der Waals surface area contributed by atoms with Gasteiger partial charge in [-0.25, -0.2) is 4.98 Å². The summed E-state index contributed by atoms with van der Waals surface area (Å²) in [4.78, 5) is 7.81. The third-order valence-corrected chi connectivity index (χ3v) is 3.90. The summed E-state index contributed by atoms with van der Waals surface area (Å²) in [7, 11) is 0. The van der Waals surface area contributed by atoms with Gasteiger partial charge in [-0.1, -0.05) is 6.92 Å². The number of H-pyrrole nitrogens is 1. The lowest BCUT2D eigenvalue weighted by molar-refractivity contribution is 0.0699. The highest BCUT2D eigenvalue weighted by atomic mass is 32.2. The van der Waals surface area contributed by atoms with E-state index in [9.17, 15) is 0 Å². The third-order valence-electron chi connectivity index (χ3n) is 2.90. The van der Waals surface area contributed by atoms with E-state index in [-0.39, 0.29) is 6.10 Å². The van der Waals surface area contributed by atoms with Crippen LogP contribution in [-0.2, 0) is 4.74 Å². The second-order valence-electron chi connectivity index (χ2n) is 4.33. The summed E-state index contributed by atoms with van der Waals surface area (Å²) in [6.07, 6.45) is 3.21. The fraction of sp³-hybridized carbons (Fsp3) is 0.750. The van der Waals surface area contributed by atoms with Crippen molar-refractivity contribution in [2.45, 2.75) is 32.4 Å². The maximum Gasteiger partial charge on any atom is 0.136 e. The van der Waals surface area contributed by atoms with Crippen LogP contribution in [0.2, 0.25) is 0 Å². The molecule has 0 amide bonds. The van der Waals surface area contributed by atoms with Crippen molar-refractivity contribution < 1.29 is 4.74 Å². The lowest BCUT2D eigenvalue weighted by Crippen LogP contribution is -2.20.